The van der Waals surface area contributed by atoms with Crippen LogP contribution in [0, 0.1) is 0 Å². The van der Waals surface area contributed by atoms with E-state index >= 15 is 0 Å². The van der Waals surface area contributed by atoms with Gasteiger partial charge < -0.3 is 14.7 Å². The van der Waals surface area contributed by atoms with Crippen LogP contribution in [0.2, 0.25) is 0 Å². The Balaban J connectivity index is 1.47. The first-order valence-corrected chi connectivity index (χ1v) is 12.4. The molecular formula is C25H28N10O4. The summed E-state index contributed by atoms with van der Waals surface area (Å²) in [6.07, 6.45) is 5.11. The van der Waals surface area contributed by atoms with Crippen LogP contribution in [0.15, 0.2) is 52.9 Å². The van der Waals surface area contributed by atoms with Gasteiger partial charge in [0.15, 0.2) is 5.76 Å². The van der Waals surface area contributed by atoms with Crippen LogP contribution in [-0.2, 0) is 9.59 Å². The highest BCUT2D eigenvalue weighted by atomic mass is 16.5. The van der Waals surface area contributed by atoms with Crippen molar-refractivity contribution in [1.29, 1.82) is 0 Å². The topological polar surface area (TPSA) is 171 Å². The molecule has 1 saturated heterocycles. The molecule has 14 nitrogen and oxygen atoms in total. The molecule has 0 aromatic carbocycles. The van der Waals surface area contributed by atoms with E-state index in [4.69, 9.17) is 4.52 Å². The number of anilines is 2. The minimum Gasteiger partial charge on any atom is -0.358 e. The molecular weight excluding hydrogens is 504 g/mol. The minimum absolute atomic E-state index is 0.0163. The van der Waals surface area contributed by atoms with Gasteiger partial charge in [0.05, 0.1) is 11.7 Å². The Kier molecular flexibility index (Phi) is 7.19. The van der Waals surface area contributed by atoms with Crippen molar-refractivity contribution in [3.8, 4) is 11.4 Å². The average molecular weight is 533 g/mol. The zero-order valence-electron chi connectivity index (χ0n) is 21.6. The third-order valence-corrected chi connectivity index (χ3v) is 6.15. The first-order chi connectivity index (χ1) is 18.8. The summed E-state index contributed by atoms with van der Waals surface area (Å²) in [4.78, 5) is 51.7. The molecule has 3 amide bonds. The molecule has 0 bridgehead atoms. The number of hydrazine groups is 2. The molecule has 0 aliphatic carbocycles. The normalized spacial score (nSPS) is 18.6. The number of amides is 3. The van der Waals surface area contributed by atoms with Crippen molar-refractivity contribution in [2.45, 2.75) is 45.7 Å². The number of carbonyl (C=O) groups is 3. The molecule has 202 valence electrons. The molecule has 2 aliphatic heterocycles. The van der Waals surface area contributed by atoms with Crippen molar-refractivity contribution in [2.75, 3.05) is 16.8 Å². The predicted molar refractivity (Wildman–Crippen MR) is 139 cm³/mol. The zero-order chi connectivity index (χ0) is 27.5. The van der Waals surface area contributed by atoms with Crippen molar-refractivity contribution >= 4 is 29.5 Å². The maximum Gasteiger partial charge on any atom is 0.288 e. The number of pyridine rings is 1. The molecule has 1 fully saturated rings. The van der Waals surface area contributed by atoms with E-state index in [1.165, 1.54) is 24.9 Å². The Hall–Kier alpha value is -4.85. The Morgan fingerprint density at radius 2 is 1.95 bits per heavy atom. The van der Waals surface area contributed by atoms with E-state index in [-0.39, 0.29) is 29.6 Å². The molecule has 2 aliphatic rings. The second kappa shape index (κ2) is 10.9. The number of hydrogen-bond donors (Lipinski definition) is 4. The monoisotopic (exact) mass is 532 g/mol. The zero-order valence-corrected chi connectivity index (χ0v) is 21.6. The fourth-order valence-electron chi connectivity index (χ4n) is 4.45. The number of hydrogen-bond acceptors (Lipinski definition) is 11. The van der Waals surface area contributed by atoms with Crippen LogP contribution in [0.3, 0.4) is 0 Å². The highest BCUT2D eigenvalue weighted by molar-refractivity contribution is 5.94. The quantitative estimate of drug-likeness (QED) is 0.340. The van der Waals surface area contributed by atoms with Gasteiger partial charge in [-0.2, -0.15) is 4.98 Å². The van der Waals surface area contributed by atoms with Gasteiger partial charge in [0.1, 0.15) is 23.0 Å². The summed E-state index contributed by atoms with van der Waals surface area (Å²) in [5, 5.41) is 8.68. The van der Waals surface area contributed by atoms with Gasteiger partial charge in [0.2, 0.25) is 17.8 Å². The first-order valence-electron chi connectivity index (χ1n) is 12.4. The van der Waals surface area contributed by atoms with Gasteiger partial charge in [-0.15, -0.1) is 0 Å². The summed E-state index contributed by atoms with van der Waals surface area (Å²) in [7, 11) is 0. The van der Waals surface area contributed by atoms with E-state index < -0.39 is 11.8 Å². The highest BCUT2D eigenvalue weighted by Gasteiger charge is 2.33. The number of rotatable bonds is 6. The van der Waals surface area contributed by atoms with Crippen LogP contribution in [-0.4, -0.2) is 55.4 Å². The van der Waals surface area contributed by atoms with Gasteiger partial charge in [0, 0.05) is 44.8 Å². The Labute approximate surface area is 223 Å². The molecule has 39 heavy (non-hydrogen) atoms. The van der Waals surface area contributed by atoms with E-state index in [2.05, 4.69) is 41.7 Å². The van der Waals surface area contributed by atoms with Gasteiger partial charge >= 0.3 is 0 Å². The van der Waals surface area contributed by atoms with Crippen LogP contribution in [0.25, 0.3) is 11.4 Å². The molecule has 3 aromatic heterocycles. The van der Waals surface area contributed by atoms with Crippen molar-refractivity contribution in [3.05, 3.63) is 59.9 Å². The highest BCUT2D eigenvalue weighted by Crippen LogP contribution is 2.36. The van der Waals surface area contributed by atoms with Gasteiger partial charge in [0.25, 0.3) is 5.91 Å². The predicted octanol–water partition coefficient (Wildman–Crippen LogP) is 1.66. The van der Waals surface area contributed by atoms with Gasteiger partial charge in [-0.3, -0.25) is 30.2 Å². The Bertz CT molecular complexity index is 1420. The van der Waals surface area contributed by atoms with Gasteiger partial charge in [-0.05, 0) is 38.0 Å². The summed E-state index contributed by atoms with van der Waals surface area (Å²) in [5.74, 6) is 0.390. The lowest BCUT2D eigenvalue weighted by Crippen LogP contribution is -2.41. The molecule has 0 radical (unpaired) electrons. The lowest BCUT2D eigenvalue weighted by molar-refractivity contribution is -0.129. The number of nitrogens with zero attached hydrogens (tertiary/aromatic N) is 6. The summed E-state index contributed by atoms with van der Waals surface area (Å²) in [6.45, 7) is 5.22. The number of carbonyl (C=O) groups excluding carboxylic acids is 3. The van der Waals surface area contributed by atoms with E-state index in [1.54, 1.807) is 6.20 Å². The van der Waals surface area contributed by atoms with Crippen LogP contribution < -0.4 is 26.5 Å². The van der Waals surface area contributed by atoms with Crippen LogP contribution in [0.4, 0.5) is 11.8 Å². The fourth-order valence-corrected chi connectivity index (χ4v) is 4.45. The molecule has 5 rings (SSSR count). The second-order valence-electron chi connectivity index (χ2n) is 9.20. The Morgan fingerprint density at radius 1 is 1.10 bits per heavy atom. The van der Waals surface area contributed by atoms with E-state index in [1.807, 2.05) is 42.2 Å². The van der Waals surface area contributed by atoms with Crippen LogP contribution in [0.5, 0.6) is 0 Å². The van der Waals surface area contributed by atoms with Crippen LogP contribution in [0.1, 0.15) is 55.9 Å². The second-order valence-corrected chi connectivity index (χ2v) is 9.20. The lowest BCUT2D eigenvalue weighted by Gasteiger charge is -2.24. The first kappa shape index (κ1) is 25.8. The molecule has 5 heterocycles. The van der Waals surface area contributed by atoms with Crippen molar-refractivity contribution in [1.82, 2.24) is 41.4 Å². The summed E-state index contributed by atoms with van der Waals surface area (Å²) in [5.41, 5.74) is 8.96. The van der Waals surface area contributed by atoms with Crippen LogP contribution >= 0.6 is 0 Å². The van der Waals surface area contributed by atoms with Gasteiger partial charge in [-0.25, -0.2) is 15.4 Å². The van der Waals surface area contributed by atoms with Crippen molar-refractivity contribution in [2.24, 2.45) is 0 Å². The van der Waals surface area contributed by atoms with E-state index in [9.17, 15) is 14.4 Å². The summed E-state index contributed by atoms with van der Waals surface area (Å²) in [6, 6.07) is 8.53. The third-order valence-electron chi connectivity index (χ3n) is 6.15. The molecule has 2 unspecified atom stereocenters. The maximum atomic E-state index is 12.9. The molecule has 2 atom stereocenters. The van der Waals surface area contributed by atoms with E-state index in [0.29, 0.717) is 35.3 Å². The molecule has 4 N–H and O–H groups in total. The van der Waals surface area contributed by atoms with Crippen molar-refractivity contribution < 1.29 is 18.9 Å². The SMILES string of the molecule is CC(=O)NNC(=O)c1cc(NC2=CC(C)NN2C(C)=O)nc(N2CCCC2c2cc(-c3ccccn3)no2)n1. The molecule has 3 aromatic rings. The summed E-state index contributed by atoms with van der Waals surface area (Å²) >= 11 is 0. The maximum absolute atomic E-state index is 12.9. The molecule has 0 spiro atoms. The number of aromatic nitrogens is 4. The molecule has 0 saturated carbocycles. The average Bonchev–Trinajstić information content (AvgIpc) is 3.67. The standard InChI is InChI=1S/C25H28N10O4/c1-14-11-23(35(32-14)16(3)37)28-22-13-19(24(38)31-30-15(2)36)27-25(29-22)34-10-6-8-20(34)21-12-18(33-39-21)17-7-4-5-9-26-17/h4-5,7,9,11-14,20,32H,6,8,10H2,1-3H3,(H,30,36)(H,31,38)(H,27,28,29). The van der Waals surface area contributed by atoms with Gasteiger partial charge in [-0.1, -0.05) is 11.2 Å². The Morgan fingerprint density at radius 3 is 2.69 bits per heavy atom. The third kappa shape index (κ3) is 5.70. The largest absolute Gasteiger partial charge is 0.358 e. The summed E-state index contributed by atoms with van der Waals surface area (Å²) < 4.78 is 5.70. The minimum atomic E-state index is -0.625. The van der Waals surface area contributed by atoms with E-state index in [0.717, 1.165) is 12.8 Å². The lowest BCUT2D eigenvalue weighted by atomic mass is 10.1. The van der Waals surface area contributed by atoms with Crippen molar-refractivity contribution in [3.63, 3.8) is 0 Å². The molecule has 14 heteroatoms. The number of nitrogens with one attached hydrogen (secondary N) is 4. The fraction of sp³-hybridized carbons (Fsp3) is 0.320. The smallest absolute Gasteiger partial charge is 0.288 e.